The van der Waals surface area contributed by atoms with Gasteiger partial charge < -0.3 is 10.1 Å². The second kappa shape index (κ2) is 6.24. The largest absolute Gasteiger partial charge is 0.373 e. The quantitative estimate of drug-likeness (QED) is 0.635. The highest BCUT2D eigenvalue weighted by molar-refractivity contribution is 9.10. The maximum absolute atomic E-state index is 5.76. The van der Waals surface area contributed by atoms with Gasteiger partial charge in [-0.25, -0.2) is 9.67 Å². The second-order valence-electron chi connectivity index (χ2n) is 5.98. The standard InChI is InChI=1S/C13H21BrN4OSi/c1-15-12-7-11-10(8-16-12)13(14)17-18(11)9-19-5-6-20(2,3)4/h7-8H,5-6,9H2,1-4H3,(H,15,16). The molecule has 0 aliphatic rings. The predicted octanol–water partition coefficient (Wildman–Crippen LogP) is 3.55. The van der Waals surface area contributed by atoms with Crippen molar-refractivity contribution >= 4 is 40.7 Å². The number of hydrogen-bond acceptors (Lipinski definition) is 4. The summed E-state index contributed by atoms with van der Waals surface area (Å²) in [6.45, 7) is 8.31. The number of fused-ring (bicyclic) bond motifs is 1. The number of hydrogen-bond donors (Lipinski definition) is 1. The molecule has 0 aromatic carbocycles. The zero-order chi connectivity index (χ0) is 14.8. The fourth-order valence-corrected chi connectivity index (χ4v) is 3.05. The number of pyridine rings is 1. The summed E-state index contributed by atoms with van der Waals surface area (Å²) in [7, 11) is 0.813. The number of halogens is 1. The van der Waals surface area contributed by atoms with Gasteiger partial charge in [-0.2, -0.15) is 5.10 Å². The van der Waals surface area contributed by atoms with Crippen LogP contribution in [-0.4, -0.2) is 36.5 Å². The van der Waals surface area contributed by atoms with Crippen molar-refractivity contribution in [3.63, 3.8) is 0 Å². The molecule has 0 spiro atoms. The SMILES string of the molecule is CNc1cc2c(cn1)c(Br)nn2COCC[Si](C)(C)C. The van der Waals surface area contributed by atoms with Crippen LogP contribution in [0.15, 0.2) is 16.9 Å². The normalized spacial score (nSPS) is 12.1. The Balaban J connectivity index is 2.09. The Morgan fingerprint density at radius 2 is 2.15 bits per heavy atom. The van der Waals surface area contributed by atoms with Gasteiger partial charge in [0.25, 0.3) is 0 Å². The summed E-state index contributed by atoms with van der Waals surface area (Å²) in [6, 6.07) is 3.14. The molecule has 0 radical (unpaired) electrons. The summed E-state index contributed by atoms with van der Waals surface area (Å²) in [4.78, 5) is 4.30. The summed E-state index contributed by atoms with van der Waals surface area (Å²) in [5.74, 6) is 0.827. The Hall–Kier alpha value is -0.923. The molecule has 110 valence electrons. The van der Waals surface area contributed by atoms with E-state index in [0.29, 0.717) is 6.73 Å². The molecule has 0 saturated heterocycles. The Labute approximate surface area is 128 Å². The summed E-state index contributed by atoms with van der Waals surface area (Å²) in [5.41, 5.74) is 1.02. The molecule has 0 aliphatic heterocycles. The highest BCUT2D eigenvalue weighted by Gasteiger charge is 2.13. The highest BCUT2D eigenvalue weighted by atomic mass is 79.9. The zero-order valence-corrected chi connectivity index (χ0v) is 15.0. The molecule has 7 heteroatoms. The molecule has 0 saturated carbocycles. The molecule has 2 aromatic rings. The molecule has 0 aliphatic carbocycles. The first kappa shape index (κ1) is 15.5. The molecule has 0 amide bonds. The maximum Gasteiger partial charge on any atom is 0.140 e. The molecule has 0 bridgehead atoms. The predicted molar refractivity (Wildman–Crippen MR) is 88.9 cm³/mol. The fraction of sp³-hybridized carbons (Fsp3) is 0.538. The van der Waals surface area contributed by atoms with Crippen molar-refractivity contribution in [3.05, 3.63) is 16.9 Å². The Morgan fingerprint density at radius 1 is 1.40 bits per heavy atom. The monoisotopic (exact) mass is 356 g/mol. The minimum Gasteiger partial charge on any atom is -0.373 e. The third-order valence-corrected chi connectivity index (χ3v) is 5.35. The first-order valence-electron chi connectivity index (χ1n) is 6.68. The molecule has 2 heterocycles. The minimum absolute atomic E-state index is 0.472. The molecule has 0 fully saturated rings. The van der Waals surface area contributed by atoms with Gasteiger partial charge in [-0.05, 0) is 22.0 Å². The second-order valence-corrected chi connectivity index (χ2v) is 12.3. The van der Waals surface area contributed by atoms with Crippen LogP contribution in [0.2, 0.25) is 25.7 Å². The lowest BCUT2D eigenvalue weighted by atomic mass is 10.3. The van der Waals surface area contributed by atoms with Crippen LogP contribution >= 0.6 is 15.9 Å². The molecule has 2 rings (SSSR count). The average molecular weight is 357 g/mol. The molecule has 0 unspecified atom stereocenters. The minimum atomic E-state index is -1.04. The Morgan fingerprint density at radius 3 is 2.80 bits per heavy atom. The smallest absolute Gasteiger partial charge is 0.140 e. The molecule has 5 nitrogen and oxygen atoms in total. The van der Waals surface area contributed by atoms with Crippen LogP contribution in [0.3, 0.4) is 0 Å². The lowest BCUT2D eigenvalue weighted by molar-refractivity contribution is 0.0815. The van der Waals surface area contributed by atoms with Crippen molar-refractivity contribution in [3.8, 4) is 0 Å². The van der Waals surface area contributed by atoms with E-state index in [1.165, 1.54) is 0 Å². The zero-order valence-electron chi connectivity index (χ0n) is 12.4. The van der Waals surface area contributed by atoms with Gasteiger partial charge in [0.1, 0.15) is 17.2 Å². The Bertz CT molecular complexity index is 594. The van der Waals surface area contributed by atoms with Crippen molar-refractivity contribution in [2.24, 2.45) is 0 Å². The van der Waals surface area contributed by atoms with Crippen LogP contribution in [0.4, 0.5) is 5.82 Å². The van der Waals surface area contributed by atoms with Gasteiger partial charge in [0.2, 0.25) is 0 Å². The first-order chi connectivity index (χ1) is 9.40. The molecule has 2 aromatic heterocycles. The fourth-order valence-electron chi connectivity index (χ4n) is 1.80. The molecular formula is C13H21BrN4OSi. The van der Waals surface area contributed by atoms with E-state index in [1.807, 2.05) is 24.0 Å². The number of aromatic nitrogens is 3. The van der Waals surface area contributed by atoms with Gasteiger partial charge in [-0.1, -0.05) is 19.6 Å². The van der Waals surface area contributed by atoms with Gasteiger partial charge >= 0.3 is 0 Å². The number of ether oxygens (including phenoxy) is 1. The molecule has 1 N–H and O–H groups in total. The van der Waals surface area contributed by atoms with Crippen LogP contribution < -0.4 is 5.32 Å². The van der Waals surface area contributed by atoms with Crippen LogP contribution in [-0.2, 0) is 11.5 Å². The van der Waals surface area contributed by atoms with Crippen molar-refractivity contribution in [1.29, 1.82) is 0 Å². The number of anilines is 1. The van der Waals surface area contributed by atoms with E-state index in [0.717, 1.165) is 34.0 Å². The van der Waals surface area contributed by atoms with Gasteiger partial charge in [0.15, 0.2) is 0 Å². The van der Waals surface area contributed by atoms with Gasteiger partial charge in [-0.3, -0.25) is 0 Å². The third-order valence-electron chi connectivity index (χ3n) is 3.06. The third kappa shape index (κ3) is 3.80. The van der Waals surface area contributed by atoms with Gasteiger partial charge in [-0.15, -0.1) is 0 Å². The molecule has 20 heavy (non-hydrogen) atoms. The highest BCUT2D eigenvalue weighted by Crippen LogP contribution is 2.24. The van der Waals surface area contributed by atoms with E-state index in [2.05, 4.69) is 51.0 Å². The van der Waals surface area contributed by atoms with Crippen LogP contribution in [0.1, 0.15) is 0 Å². The van der Waals surface area contributed by atoms with E-state index in [1.54, 1.807) is 0 Å². The van der Waals surface area contributed by atoms with E-state index in [9.17, 15) is 0 Å². The number of nitrogens with one attached hydrogen (secondary N) is 1. The first-order valence-corrected chi connectivity index (χ1v) is 11.2. The lowest BCUT2D eigenvalue weighted by Crippen LogP contribution is -2.22. The average Bonchev–Trinajstić information content (AvgIpc) is 2.70. The maximum atomic E-state index is 5.76. The molecular weight excluding hydrogens is 336 g/mol. The van der Waals surface area contributed by atoms with Gasteiger partial charge in [0, 0.05) is 34.0 Å². The van der Waals surface area contributed by atoms with E-state index >= 15 is 0 Å². The molecule has 0 atom stereocenters. The van der Waals surface area contributed by atoms with Crippen molar-refractivity contribution < 1.29 is 4.74 Å². The topological polar surface area (TPSA) is 52.0 Å². The van der Waals surface area contributed by atoms with Crippen LogP contribution in [0.25, 0.3) is 10.9 Å². The van der Waals surface area contributed by atoms with E-state index in [4.69, 9.17) is 4.74 Å². The summed E-state index contributed by atoms with van der Waals surface area (Å²) in [6.07, 6.45) is 1.82. The summed E-state index contributed by atoms with van der Waals surface area (Å²) < 4.78 is 8.43. The van der Waals surface area contributed by atoms with Crippen LogP contribution in [0, 0.1) is 0 Å². The van der Waals surface area contributed by atoms with Gasteiger partial charge in [0.05, 0.1) is 10.9 Å². The Kier molecular flexibility index (Phi) is 4.82. The summed E-state index contributed by atoms with van der Waals surface area (Å²) >= 11 is 3.46. The van der Waals surface area contributed by atoms with Crippen molar-refractivity contribution in [2.45, 2.75) is 32.4 Å². The summed E-state index contributed by atoms with van der Waals surface area (Å²) in [5, 5.41) is 8.49. The van der Waals surface area contributed by atoms with E-state index in [-0.39, 0.29) is 0 Å². The van der Waals surface area contributed by atoms with Crippen molar-refractivity contribution in [2.75, 3.05) is 19.0 Å². The number of rotatable bonds is 6. The van der Waals surface area contributed by atoms with Crippen LogP contribution in [0.5, 0.6) is 0 Å². The van der Waals surface area contributed by atoms with E-state index < -0.39 is 8.07 Å². The lowest BCUT2D eigenvalue weighted by Gasteiger charge is -2.15. The number of nitrogens with zero attached hydrogens (tertiary/aromatic N) is 3. The van der Waals surface area contributed by atoms with Crippen molar-refractivity contribution in [1.82, 2.24) is 14.8 Å².